The minimum Gasteiger partial charge on any atom is -0.353 e. The van der Waals surface area contributed by atoms with E-state index in [2.05, 4.69) is 27.4 Å². The average Bonchev–Trinajstić information content (AvgIpc) is 2.69. The van der Waals surface area contributed by atoms with Gasteiger partial charge >= 0.3 is 0 Å². The van der Waals surface area contributed by atoms with E-state index in [-0.39, 0.29) is 23.9 Å². The van der Waals surface area contributed by atoms with E-state index in [1.807, 2.05) is 25.1 Å². The van der Waals surface area contributed by atoms with E-state index >= 15 is 0 Å². The van der Waals surface area contributed by atoms with Gasteiger partial charge in [0.1, 0.15) is 5.82 Å². The number of hydrogen-bond donors (Lipinski definition) is 2. The number of rotatable bonds is 7. The zero-order chi connectivity index (χ0) is 19.9. The minimum absolute atomic E-state index is 0.00108. The molecule has 6 heteroatoms. The van der Waals surface area contributed by atoms with Gasteiger partial charge in [-0.15, -0.1) is 0 Å². The van der Waals surface area contributed by atoms with Crippen LogP contribution in [0.4, 0.5) is 0 Å². The van der Waals surface area contributed by atoms with Crippen molar-refractivity contribution in [3.05, 3.63) is 87.3 Å². The summed E-state index contributed by atoms with van der Waals surface area (Å²) in [4.78, 5) is 31.6. The summed E-state index contributed by atoms with van der Waals surface area (Å²) >= 11 is 5.87. The summed E-state index contributed by atoms with van der Waals surface area (Å²) in [5, 5.41) is 3.56. The van der Waals surface area contributed by atoms with Gasteiger partial charge in [-0.2, -0.15) is 0 Å². The molecule has 1 atom stereocenters. The van der Waals surface area contributed by atoms with Crippen molar-refractivity contribution in [1.82, 2.24) is 15.3 Å². The van der Waals surface area contributed by atoms with Gasteiger partial charge in [0, 0.05) is 28.4 Å². The molecule has 2 aromatic carbocycles. The van der Waals surface area contributed by atoms with Crippen LogP contribution in [-0.2, 0) is 17.6 Å². The second-order valence-electron chi connectivity index (χ2n) is 6.76. The van der Waals surface area contributed by atoms with Gasteiger partial charge in [-0.05, 0) is 49.6 Å². The van der Waals surface area contributed by atoms with Crippen molar-refractivity contribution in [2.24, 2.45) is 0 Å². The Bertz CT molecular complexity index is 985. The van der Waals surface area contributed by atoms with Crippen molar-refractivity contribution in [3.8, 4) is 11.4 Å². The first-order valence-corrected chi connectivity index (χ1v) is 9.56. The van der Waals surface area contributed by atoms with Crippen molar-refractivity contribution < 1.29 is 4.79 Å². The van der Waals surface area contributed by atoms with Crippen LogP contribution in [0, 0.1) is 0 Å². The Morgan fingerprint density at radius 3 is 2.54 bits per heavy atom. The topological polar surface area (TPSA) is 74.8 Å². The Morgan fingerprint density at radius 2 is 1.86 bits per heavy atom. The van der Waals surface area contributed by atoms with E-state index in [1.165, 1.54) is 11.8 Å². The lowest BCUT2D eigenvalue weighted by Gasteiger charge is -2.14. The van der Waals surface area contributed by atoms with Gasteiger partial charge in [0.15, 0.2) is 0 Å². The largest absolute Gasteiger partial charge is 0.353 e. The first-order valence-electron chi connectivity index (χ1n) is 9.18. The van der Waals surface area contributed by atoms with Gasteiger partial charge in [-0.3, -0.25) is 9.59 Å². The number of amides is 1. The molecular weight excluding hydrogens is 374 g/mol. The molecule has 0 aliphatic heterocycles. The van der Waals surface area contributed by atoms with Gasteiger partial charge in [0.25, 0.3) is 5.56 Å². The zero-order valence-corrected chi connectivity index (χ0v) is 16.4. The number of nitrogens with one attached hydrogen (secondary N) is 2. The van der Waals surface area contributed by atoms with E-state index in [0.29, 0.717) is 16.4 Å². The average molecular weight is 396 g/mol. The fourth-order valence-electron chi connectivity index (χ4n) is 2.90. The Morgan fingerprint density at radius 1 is 1.14 bits per heavy atom. The molecule has 144 valence electrons. The summed E-state index contributed by atoms with van der Waals surface area (Å²) in [6, 6.07) is 17.2. The number of aromatic nitrogens is 2. The second-order valence-corrected chi connectivity index (χ2v) is 7.20. The molecule has 2 N–H and O–H groups in total. The number of H-pyrrole nitrogens is 1. The van der Waals surface area contributed by atoms with Gasteiger partial charge in [0.05, 0.1) is 6.42 Å². The monoisotopic (exact) mass is 395 g/mol. The number of aromatic amines is 1. The molecule has 28 heavy (non-hydrogen) atoms. The number of nitrogens with zero attached hydrogens (tertiary/aromatic N) is 1. The number of carbonyl (C=O) groups is 1. The van der Waals surface area contributed by atoms with E-state index < -0.39 is 0 Å². The fourth-order valence-corrected chi connectivity index (χ4v) is 3.03. The number of carbonyl (C=O) groups excluding carboxylic acids is 1. The van der Waals surface area contributed by atoms with Crippen LogP contribution in [0.25, 0.3) is 11.4 Å². The summed E-state index contributed by atoms with van der Waals surface area (Å²) in [6.07, 6.45) is 3.18. The number of halogens is 1. The third kappa shape index (κ3) is 5.54. The maximum atomic E-state index is 12.3. The molecule has 0 fully saturated rings. The third-order valence-corrected chi connectivity index (χ3v) is 4.71. The molecule has 0 bridgehead atoms. The summed E-state index contributed by atoms with van der Waals surface area (Å²) in [5.41, 5.74) is 2.02. The molecule has 0 aliphatic rings. The number of hydrogen-bond acceptors (Lipinski definition) is 3. The molecule has 5 nitrogen and oxygen atoms in total. The second kappa shape index (κ2) is 9.33. The van der Waals surface area contributed by atoms with E-state index in [0.717, 1.165) is 18.4 Å². The van der Waals surface area contributed by atoms with Crippen LogP contribution < -0.4 is 10.9 Å². The molecule has 0 saturated heterocycles. The third-order valence-electron chi connectivity index (χ3n) is 4.46. The van der Waals surface area contributed by atoms with Gasteiger partial charge < -0.3 is 10.3 Å². The van der Waals surface area contributed by atoms with Crippen molar-refractivity contribution in [1.29, 1.82) is 0 Å². The van der Waals surface area contributed by atoms with E-state index in [1.54, 1.807) is 24.3 Å². The lowest BCUT2D eigenvalue weighted by Crippen LogP contribution is -2.35. The molecule has 0 saturated carbocycles. The maximum absolute atomic E-state index is 12.3. The predicted octanol–water partition coefficient (Wildman–Crippen LogP) is 3.77. The first kappa shape index (κ1) is 19.8. The summed E-state index contributed by atoms with van der Waals surface area (Å²) < 4.78 is 0. The van der Waals surface area contributed by atoms with E-state index in [4.69, 9.17) is 11.6 Å². The first-order chi connectivity index (χ1) is 13.5. The predicted molar refractivity (Wildman–Crippen MR) is 111 cm³/mol. The smallest absolute Gasteiger partial charge is 0.254 e. The quantitative estimate of drug-likeness (QED) is 0.639. The molecule has 1 heterocycles. The molecule has 0 unspecified atom stereocenters. The van der Waals surface area contributed by atoms with Crippen molar-refractivity contribution in [2.45, 2.75) is 32.2 Å². The summed E-state index contributed by atoms with van der Waals surface area (Å²) in [5.74, 6) is 0.258. The van der Waals surface area contributed by atoms with E-state index in [9.17, 15) is 9.59 Å². The van der Waals surface area contributed by atoms with Crippen molar-refractivity contribution >= 4 is 17.5 Å². The van der Waals surface area contributed by atoms with Crippen LogP contribution in [-0.4, -0.2) is 21.9 Å². The van der Waals surface area contributed by atoms with Gasteiger partial charge in [0.2, 0.25) is 5.91 Å². The highest BCUT2D eigenvalue weighted by molar-refractivity contribution is 6.30. The molecule has 0 spiro atoms. The van der Waals surface area contributed by atoms with Crippen molar-refractivity contribution in [2.75, 3.05) is 0 Å². The summed E-state index contributed by atoms with van der Waals surface area (Å²) in [6.45, 7) is 1.97. The van der Waals surface area contributed by atoms with Crippen LogP contribution in [0.5, 0.6) is 0 Å². The Kier molecular flexibility index (Phi) is 6.61. The Labute approximate surface area is 168 Å². The van der Waals surface area contributed by atoms with Gasteiger partial charge in [-0.1, -0.05) is 41.9 Å². The van der Waals surface area contributed by atoms with Crippen molar-refractivity contribution in [3.63, 3.8) is 0 Å². The van der Waals surface area contributed by atoms with Crippen LogP contribution in [0.3, 0.4) is 0 Å². The highest BCUT2D eigenvalue weighted by atomic mass is 35.5. The molecule has 0 radical (unpaired) electrons. The number of aryl methyl sites for hydroxylation is 1. The SMILES string of the molecule is C[C@H](CCc1ccccc1)NC(=O)Cc1cnc(-c2ccc(Cl)cc2)[nH]c1=O. The normalized spacial score (nSPS) is 11.8. The number of benzene rings is 2. The van der Waals surface area contributed by atoms with Gasteiger partial charge in [-0.25, -0.2) is 4.98 Å². The molecule has 1 amide bonds. The highest BCUT2D eigenvalue weighted by Crippen LogP contribution is 2.16. The molecule has 0 aliphatic carbocycles. The standard InChI is InChI=1S/C22H22ClN3O2/c1-15(7-8-16-5-3-2-4-6-16)25-20(27)13-18-14-24-21(26-22(18)28)17-9-11-19(23)12-10-17/h2-6,9-12,14-15H,7-8,13H2,1H3,(H,25,27)(H,24,26,28)/t15-/m1/s1. The zero-order valence-electron chi connectivity index (χ0n) is 15.6. The lowest BCUT2D eigenvalue weighted by molar-refractivity contribution is -0.121. The van der Waals surface area contributed by atoms with Crippen LogP contribution in [0.2, 0.25) is 5.02 Å². The lowest BCUT2D eigenvalue weighted by atomic mass is 10.1. The molecule has 3 rings (SSSR count). The molecular formula is C22H22ClN3O2. The Balaban J connectivity index is 1.56. The highest BCUT2D eigenvalue weighted by Gasteiger charge is 2.12. The fraction of sp³-hybridized carbons (Fsp3) is 0.227. The van der Waals surface area contributed by atoms with Crippen LogP contribution in [0.1, 0.15) is 24.5 Å². The van der Waals surface area contributed by atoms with Crippen LogP contribution in [0.15, 0.2) is 65.6 Å². The van der Waals surface area contributed by atoms with Crippen LogP contribution >= 0.6 is 11.6 Å². The molecule has 3 aromatic rings. The Hall–Kier alpha value is -2.92. The maximum Gasteiger partial charge on any atom is 0.254 e. The minimum atomic E-state index is -0.313. The summed E-state index contributed by atoms with van der Waals surface area (Å²) in [7, 11) is 0. The molecule has 1 aromatic heterocycles.